The number of piperidine rings is 3. The van der Waals surface area contributed by atoms with Gasteiger partial charge in [-0.2, -0.15) is 11.8 Å². The predicted octanol–water partition coefficient (Wildman–Crippen LogP) is 2.58. The summed E-state index contributed by atoms with van der Waals surface area (Å²) < 4.78 is 13.3. The van der Waals surface area contributed by atoms with Gasteiger partial charge in [0, 0.05) is 18.5 Å². The van der Waals surface area contributed by atoms with E-state index in [1.165, 1.54) is 18.4 Å². The van der Waals surface area contributed by atoms with Crippen LogP contribution in [0.4, 0.5) is 4.39 Å². The van der Waals surface area contributed by atoms with E-state index in [2.05, 4.69) is 9.80 Å². The highest BCUT2D eigenvalue weighted by Gasteiger charge is 2.54. The first kappa shape index (κ1) is 15.5. The van der Waals surface area contributed by atoms with Crippen LogP contribution in [0.2, 0.25) is 0 Å². The van der Waals surface area contributed by atoms with Gasteiger partial charge in [-0.1, -0.05) is 12.1 Å². The summed E-state index contributed by atoms with van der Waals surface area (Å²) in [7, 11) is 0. The fraction of sp³-hybridized carbons (Fsp3) is 0.611. The normalized spacial score (nSPS) is 35.4. The predicted molar refractivity (Wildman–Crippen MR) is 91.1 cm³/mol. The molecule has 1 amide bonds. The minimum absolute atomic E-state index is 0.191. The molecule has 0 aromatic heterocycles. The molecule has 3 atom stereocenters. The van der Waals surface area contributed by atoms with Crippen molar-refractivity contribution in [1.82, 2.24) is 9.80 Å². The molecule has 23 heavy (non-hydrogen) atoms. The highest BCUT2D eigenvalue weighted by molar-refractivity contribution is 7.99. The molecule has 4 saturated heterocycles. The highest BCUT2D eigenvalue weighted by atomic mass is 32.2. The van der Waals surface area contributed by atoms with Crippen molar-refractivity contribution in [3.05, 3.63) is 35.6 Å². The summed E-state index contributed by atoms with van der Waals surface area (Å²) in [6.07, 6.45) is 4.40. The lowest BCUT2D eigenvalue weighted by Crippen LogP contribution is -2.60. The third-order valence-corrected chi connectivity index (χ3v) is 6.42. The Labute approximate surface area is 141 Å². The summed E-state index contributed by atoms with van der Waals surface area (Å²) in [5, 5.41) is 0. The lowest BCUT2D eigenvalue weighted by Gasteiger charge is -2.51. The van der Waals surface area contributed by atoms with Crippen LogP contribution in [-0.2, 0) is 4.79 Å². The number of amides is 1. The Kier molecular flexibility index (Phi) is 4.10. The first-order valence-corrected chi connectivity index (χ1v) is 9.86. The topological polar surface area (TPSA) is 23.6 Å². The molecule has 0 saturated carbocycles. The molecule has 0 radical (unpaired) electrons. The smallest absolute Gasteiger partial charge is 0.232 e. The van der Waals surface area contributed by atoms with E-state index in [-0.39, 0.29) is 11.7 Å². The van der Waals surface area contributed by atoms with E-state index in [1.807, 2.05) is 18.4 Å². The number of nitrogens with zero attached hydrogens (tertiary/aromatic N) is 2. The van der Waals surface area contributed by atoms with Crippen molar-refractivity contribution < 1.29 is 9.18 Å². The molecule has 5 rings (SSSR count). The van der Waals surface area contributed by atoms with Crippen molar-refractivity contribution in [1.29, 1.82) is 0 Å². The Morgan fingerprint density at radius 1 is 1.22 bits per heavy atom. The second-order valence-corrected chi connectivity index (χ2v) is 7.86. The standard InChI is InChI=1S/C18H23FN2OS/c1-23-11-16(22)21-10-15(12-2-4-14(19)5-3-12)18-17(21)13-6-8-20(18)9-7-13/h2-5,13,15,17-18H,6-11H2,1H3/t15-,17+,18+/m1/s1. The van der Waals surface area contributed by atoms with Crippen molar-refractivity contribution in [2.24, 2.45) is 5.92 Å². The van der Waals surface area contributed by atoms with Gasteiger partial charge in [0.1, 0.15) is 5.82 Å². The summed E-state index contributed by atoms with van der Waals surface area (Å²) >= 11 is 1.60. The lowest BCUT2D eigenvalue weighted by atomic mass is 9.75. The van der Waals surface area contributed by atoms with E-state index in [1.54, 1.807) is 23.9 Å². The summed E-state index contributed by atoms with van der Waals surface area (Å²) in [6.45, 7) is 3.08. The van der Waals surface area contributed by atoms with Crippen LogP contribution in [0, 0.1) is 11.7 Å². The van der Waals surface area contributed by atoms with Gasteiger partial charge in [-0.25, -0.2) is 4.39 Å². The lowest BCUT2D eigenvalue weighted by molar-refractivity contribution is -0.133. The van der Waals surface area contributed by atoms with E-state index >= 15 is 0 Å². The average molecular weight is 334 g/mol. The number of halogens is 1. The van der Waals surface area contributed by atoms with Gasteiger partial charge in [0.2, 0.25) is 5.91 Å². The number of fused-ring (bicyclic) bond motifs is 2. The second kappa shape index (κ2) is 6.10. The molecule has 4 aliphatic rings. The van der Waals surface area contributed by atoms with Crippen LogP contribution >= 0.6 is 11.8 Å². The van der Waals surface area contributed by atoms with Gasteiger partial charge >= 0.3 is 0 Å². The van der Waals surface area contributed by atoms with Crippen LogP contribution in [0.3, 0.4) is 0 Å². The van der Waals surface area contributed by atoms with Gasteiger partial charge in [-0.3, -0.25) is 9.69 Å². The average Bonchev–Trinajstić information content (AvgIpc) is 3.00. The molecule has 4 fully saturated rings. The molecule has 4 heterocycles. The van der Waals surface area contributed by atoms with Gasteiger partial charge in [0.15, 0.2) is 0 Å². The number of carbonyl (C=O) groups is 1. The van der Waals surface area contributed by atoms with Crippen molar-refractivity contribution in [3.63, 3.8) is 0 Å². The highest BCUT2D eigenvalue weighted by Crippen LogP contribution is 2.46. The van der Waals surface area contributed by atoms with Crippen LogP contribution < -0.4 is 0 Å². The molecule has 2 bridgehead atoms. The van der Waals surface area contributed by atoms with Gasteiger partial charge in [0.25, 0.3) is 0 Å². The Morgan fingerprint density at radius 3 is 2.57 bits per heavy atom. The Balaban J connectivity index is 1.67. The molecule has 4 aliphatic heterocycles. The summed E-state index contributed by atoms with van der Waals surface area (Å²) in [6, 6.07) is 7.68. The molecule has 1 aromatic carbocycles. The van der Waals surface area contributed by atoms with Gasteiger partial charge in [0.05, 0.1) is 11.8 Å². The molecule has 124 valence electrons. The fourth-order valence-electron chi connectivity index (χ4n) is 4.91. The van der Waals surface area contributed by atoms with Gasteiger partial charge in [-0.05, 0) is 55.8 Å². The number of rotatable bonds is 3. The Bertz CT molecular complexity index is 585. The molecule has 3 nitrogen and oxygen atoms in total. The third kappa shape index (κ3) is 2.58. The molecule has 0 aliphatic carbocycles. The molecule has 0 N–H and O–H groups in total. The van der Waals surface area contributed by atoms with E-state index in [4.69, 9.17) is 0 Å². The van der Waals surface area contributed by atoms with E-state index < -0.39 is 0 Å². The molecule has 5 heteroatoms. The monoisotopic (exact) mass is 334 g/mol. The molecule has 1 aromatic rings. The van der Waals surface area contributed by atoms with E-state index in [0.717, 1.165) is 19.6 Å². The SMILES string of the molecule is CSCC(=O)N1C[C@H](c2ccc(F)cc2)[C@H]2[C@@H]1C1CCN2CC1. The zero-order chi connectivity index (χ0) is 16.0. The summed E-state index contributed by atoms with van der Waals surface area (Å²) in [4.78, 5) is 17.4. The Morgan fingerprint density at radius 2 is 1.91 bits per heavy atom. The summed E-state index contributed by atoms with van der Waals surface area (Å²) in [5.74, 6) is 1.59. The molecular weight excluding hydrogens is 311 g/mol. The van der Waals surface area contributed by atoms with E-state index in [9.17, 15) is 9.18 Å². The van der Waals surface area contributed by atoms with Gasteiger partial charge < -0.3 is 4.90 Å². The summed E-state index contributed by atoms with van der Waals surface area (Å²) in [5.41, 5.74) is 1.17. The number of benzene rings is 1. The molecular formula is C18H23FN2OS. The number of carbonyl (C=O) groups excluding carboxylic acids is 1. The number of hydrogen-bond donors (Lipinski definition) is 0. The minimum Gasteiger partial charge on any atom is -0.336 e. The van der Waals surface area contributed by atoms with Crippen LogP contribution in [-0.4, -0.2) is 59.4 Å². The maximum atomic E-state index is 13.3. The number of likely N-dealkylation sites (tertiary alicyclic amines) is 1. The van der Waals surface area contributed by atoms with Crippen molar-refractivity contribution in [2.45, 2.75) is 30.8 Å². The van der Waals surface area contributed by atoms with Crippen LogP contribution in [0.5, 0.6) is 0 Å². The maximum absolute atomic E-state index is 13.3. The second-order valence-electron chi connectivity index (χ2n) is 6.99. The maximum Gasteiger partial charge on any atom is 0.232 e. The first-order chi connectivity index (χ1) is 11.2. The molecule has 0 spiro atoms. The first-order valence-electron chi connectivity index (χ1n) is 8.47. The quantitative estimate of drug-likeness (QED) is 0.849. The largest absolute Gasteiger partial charge is 0.336 e. The van der Waals surface area contributed by atoms with Crippen molar-refractivity contribution in [2.75, 3.05) is 31.6 Å². The van der Waals surface area contributed by atoms with E-state index in [0.29, 0.717) is 29.7 Å². The number of thioether (sulfide) groups is 1. The van der Waals surface area contributed by atoms with Crippen molar-refractivity contribution >= 4 is 17.7 Å². The number of hydrogen-bond acceptors (Lipinski definition) is 3. The zero-order valence-corrected chi connectivity index (χ0v) is 14.3. The van der Waals surface area contributed by atoms with Crippen LogP contribution in [0.25, 0.3) is 0 Å². The minimum atomic E-state index is -0.191. The van der Waals surface area contributed by atoms with Crippen molar-refractivity contribution in [3.8, 4) is 0 Å². The van der Waals surface area contributed by atoms with Crippen LogP contribution in [0.1, 0.15) is 24.3 Å². The third-order valence-electron chi connectivity index (χ3n) is 5.88. The fourth-order valence-corrected chi connectivity index (χ4v) is 5.33. The Hall–Kier alpha value is -1.07. The van der Waals surface area contributed by atoms with Crippen LogP contribution in [0.15, 0.2) is 24.3 Å². The van der Waals surface area contributed by atoms with Gasteiger partial charge in [-0.15, -0.1) is 0 Å². The zero-order valence-electron chi connectivity index (χ0n) is 13.5. The molecule has 0 unspecified atom stereocenters.